The smallest absolute Gasteiger partial charge is 0.340 e. The predicted octanol–water partition coefficient (Wildman–Crippen LogP) is 3.35. The lowest BCUT2D eigenvalue weighted by molar-refractivity contribution is -0.123. The van der Waals surface area contributed by atoms with E-state index in [1.165, 1.54) is 37.3 Å². The summed E-state index contributed by atoms with van der Waals surface area (Å²) in [5.41, 5.74) is 5.27. The van der Waals surface area contributed by atoms with E-state index < -0.39 is 29.6 Å². The molecule has 0 aliphatic heterocycles. The number of esters is 1. The number of carbonyl (C=O) groups is 3. The largest absolute Gasteiger partial charge is 0.449 e. The minimum Gasteiger partial charge on any atom is -0.449 e. The zero-order valence-electron chi connectivity index (χ0n) is 13.4. The van der Waals surface area contributed by atoms with Crippen molar-refractivity contribution in [2.75, 3.05) is 5.32 Å². The minimum atomic E-state index is -2.70. The van der Waals surface area contributed by atoms with Crippen LogP contribution in [0.15, 0.2) is 40.6 Å². The molecule has 0 spiro atoms. The molecule has 0 fully saturated rings. The van der Waals surface area contributed by atoms with Crippen molar-refractivity contribution >= 4 is 45.9 Å². The Morgan fingerprint density at radius 1 is 1.19 bits per heavy atom. The monoisotopic (exact) mass is 400 g/mol. The molecule has 1 aromatic carbocycles. The molecule has 0 bridgehead atoms. The summed E-state index contributed by atoms with van der Waals surface area (Å²) >= 11 is 1.30. The zero-order valence-corrected chi connectivity index (χ0v) is 15.0. The second-order valence-corrected chi connectivity index (χ2v) is 6.89. The highest BCUT2D eigenvalue weighted by Gasteiger charge is 2.23. The second-order valence-electron chi connectivity index (χ2n) is 4.94. The van der Waals surface area contributed by atoms with Gasteiger partial charge in [0.25, 0.3) is 17.6 Å². The number of alkyl halides is 2. The summed E-state index contributed by atoms with van der Waals surface area (Å²) in [6.45, 7) is 1.33. The molecule has 0 aliphatic carbocycles. The number of halogens is 2. The first-order valence-electron chi connectivity index (χ1n) is 7.22. The highest BCUT2D eigenvalue weighted by molar-refractivity contribution is 7.99. The van der Waals surface area contributed by atoms with E-state index in [9.17, 15) is 23.2 Å². The van der Waals surface area contributed by atoms with Crippen LogP contribution in [0.3, 0.4) is 0 Å². The van der Waals surface area contributed by atoms with Crippen LogP contribution >= 0.6 is 23.1 Å². The van der Waals surface area contributed by atoms with Crippen molar-refractivity contribution in [1.29, 1.82) is 0 Å². The number of amides is 2. The van der Waals surface area contributed by atoms with Gasteiger partial charge in [-0.2, -0.15) is 8.78 Å². The Hall–Kier alpha value is -2.46. The van der Waals surface area contributed by atoms with Crippen LogP contribution in [0.1, 0.15) is 27.6 Å². The molecule has 26 heavy (non-hydrogen) atoms. The van der Waals surface area contributed by atoms with Gasteiger partial charge in [-0.25, -0.2) is 4.79 Å². The lowest BCUT2D eigenvalue weighted by Gasteiger charge is -2.14. The molecule has 2 amide bonds. The summed E-state index contributed by atoms with van der Waals surface area (Å²) in [7, 11) is 0. The number of hydrogen-bond acceptors (Lipinski definition) is 6. The molecule has 2 rings (SSSR count). The molecular weight excluding hydrogens is 386 g/mol. The van der Waals surface area contributed by atoms with Gasteiger partial charge < -0.3 is 15.8 Å². The fraction of sp³-hybridized carbons (Fsp3) is 0.188. The standard InChI is InChI=1S/C16H14F2N2O4S2/c1-8(13(22)20-14-10(12(19)21)6-7-25-14)24-15(23)9-4-2-3-5-11(9)26-16(17)18/h2-8,16H,1H3,(H2,19,21)(H,20,22)/t8-/m1/s1. The van der Waals surface area contributed by atoms with Crippen molar-refractivity contribution in [2.45, 2.75) is 23.7 Å². The Labute approximate surface area is 155 Å². The number of hydrogen-bond donors (Lipinski definition) is 2. The Morgan fingerprint density at radius 3 is 2.54 bits per heavy atom. The van der Waals surface area contributed by atoms with E-state index in [1.807, 2.05) is 0 Å². The molecule has 6 nitrogen and oxygen atoms in total. The maximum Gasteiger partial charge on any atom is 0.340 e. The van der Waals surface area contributed by atoms with E-state index in [0.717, 1.165) is 11.3 Å². The van der Waals surface area contributed by atoms with Gasteiger partial charge in [0, 0.05) is 4.90 Å². The molecule has 0 radical (unpaired) electrons. The second kappa shape index (κ2) is 8.77. The molecule has 0 aliphatic rings. The normalized spacial score (nSPS) is 11.8. The summed E-state index contributed by atoms with van der Waals surface area (Å²) in [4.78, 5) is 35.7. The average Bonchev–Trinajstić information content (AvgIpc) is 3.03. The minimum absolute atomic E-state index is 0.0504. The van der Waals surface area contributed by atoms with Crippen LogP contribution in [0.4, 0.5) is 13.8 Å². The molecule has 1 aromatic heterocycles. The predicted molar refractivity (Wildman–Crippen MR) is 94.6 cm³/mol. The van der Waals surface area contributed by atoms with Crippen LogP contribution in [0, 0.1) is 0 Å². The third kappa shape index (κ3) is 5.02. The topological polar surface area (TPSA) is 98.5 Å². The van der Waals surface area contributed by atoms with Crippen molar-refractivity contribution in [3.8, 4) is 0 Å². The lowest BCUT2D eigenvalue weighted by atomic mass is 10.2. The Bertz CT molecular complexity index is 826. The molecule has 2 aromatic rings. The Morgan fingerprint density at radius 2 is 1.88 bits per heavy atom. The van der Waals surface area contributed by atoms with E-state index in [4.69, 9.17) is 10.5 Å². The van der Waals surface area contributed by atoms with Gasteiger partial charge in [-0.1, -0.05) is 23.9 Å². The van der Waals surface area contributed by atoms with Gasteiger partial charge in [0.05, 0.1) is 11.1 Å². The molecule has 1 heterocycles. The number of anilines is 1. The SMILES string of the molecule is C[C@@H](OC(=O)c1ccccc1SC(F)F)C(=O)Nc1sccc1C(N)=O. The number of ether oxygens (including phenoxy) is 1. The van der Waals surface area contributed by atoms with E-state index in [2.05, 4.69) is 5.32 Å². The number of carbonyl (C=O) groups excluding carboxylic acids is 3. The number of rotatable bonds is 7. The summed E-state index contributed by atoms with van der Waals surface area (Å²) in [6, 6.07) is 7.17. The molecule has 1 atom stereocenters. The van der Waals surface area contributed by atoms with Crippen molar-refractivity contribution in [3.63, 3.8) is 0 Å². The Balaban J connectivity index is 2.06. The third-order valence-corrected chi connectivity index (χ3v) is 4.76. The first kappa shape index (κ1) is 19.9. The molecule has 0 saturated carbocycles. The molecular formula is C16H14F2N2O4S2. The van der Waals surface area contributed by atoms with Crippen LogP contribution < -0.4 is 11.1 Å². The highest BCUT2D eigenvalue weighted by Crippen LogP contribution is 2.29. The summed E-state index contributed by atoms with van der Waals surface area (Å²) in [6.07, 6.45) is -1.21. The van der Waals surface area contributed by atoms with Crippen molar-refractivity contribution in [2.24, 2.45) is 5.73 Å². The zero-order chi connectivity index (χ0) is 19.3. The van der Waals surface area contributed by atoms with Crippen LogP contribution in [0.25, 0.3) is 0 Å². The molecule has 10 heteroatoms. The van der Waals surface area contributed by atoms with Crippen LogP contribution in [0.2, 0.25) is 0 Å². The Kier molecular flexibility index (Phi) is 6.70. The molecule has 0 unspecified atom stereocenters. The van der Waals surface area contributed by atoms with Gasteiger partial charge in [-0.15, -0.1) is 11.3 Å². The first-order chi connectivity index (χ1) is 12.3. The number of benzene rings is 1. The van der Waals surface area contributed by atoms with Gasteiger partial charge in [0.2, 0.25) is 0 Å². The summed E-state index contributed by atoms with van der Waals surface area (Å²) < 4.78 is 30.2. The number of primary amides is 1. The maximum atomic E-state index is 12.6. The average molecular weight is 400 g/mol. The van der Waals surface area contributed by atoms with Crippen molar-refractivity contribution in [3.05, 3.63) is 46.8 Å². The summed E-state index contributed by atoms with van der Waals surface area (Å²) in [5.74, 6) is -4.99. The quantitative estimate of drug-likeness (QED) is 0.549. The molecule has 0 saturated heterocycles. The number of nitrogens with two attached hydrogens (primary N) is 1. The lowest BCUT2D eigenvalue weighted by Crippen LogP contribution is -2.30. The van der Waals surface area contributed by atoms with Gasteiger partial charge in [0.1, 0.15) is 5.00 Å². The fourth-order valence-electron chi connectivity index (χ4n) is 1.93. The van der Waals surface area contributed by atoms with Gasteiger partial charge in [-0.3, -0.25) is 9.59 Å². The summed E-state index contributed by atoms with van der Waals surface area (Å²) in [5, 5.41) is 4.26. The fourth-order valence-corrected chi connectivity index (χ4v) is 3.35. The van der Waals surface area contributed by atoms with E-state index in [0.29, 0.717) is 0 Å². The van der Waals surface area contributed by atoms with Gasteiger partial charge in [0.15, 0.2) is 6.10 Å². The number of nitrogens with one attached hydrogen (secondary N) is 1. The van der Waals surface area contributed by atoms with E-state index in [1.54, 1.807) is 5.38 Å². The van der Waals surface area contributed by atoms with Crippen molar-refractivity contribution in [1.82, 2.24) is 0 Å². The molecule has 3 N–H and O–H groups in total. The highest BCUT2D eigenvalue weighted by atomic mass is 32.2. The van der Waals surface area contributed by atoms with Crippen LogP contribution in [-0.2, 0) is 9.53 Å². The van der Waals surface area contributed by atoms with Gasteiger partial charge >= 0.3 is 5.97 Å². The first-order valence-corrected chi connectivity index (χ1v) is 8.98. The van der Waals surface area contributed by atoms with Crippen molar-refractivity contribution < 1.29 is 27.9 Å². The molecule has 138 valence electrons. The number of thiophene rings is 1. The van der Waals surface area contributed by atoms with E-state index >= 15 is 0 Å². The maximum absolute atomic E-state index is 12.6. The van der Waals surface area contributed by atoms with E-state index in [-0.39, 0.29) is 32.8 Å². The van der Waals surface area contributed by atoms with Gasteiger partial charge in [-0.05, 0) is 30.5 Å². The number of thioether (sulfide) groups is 1. The third-order valence-electron chi connectivity index (χ3n) is 3.14. The van der Waals surface area contributed by atoms with Crippen LogP contribution in [0.5, 0.6) is 0 Å². The van der Waals surface area contributed by atoms with Crippen LogP contribution in [-0.4, -0.2) is 29.6 Å².